The van der Waals surface area contributed by atoms with E-state index in [1.165, 1.54) is 5.56 Å². The Morgan fingerprint density at radius 1 is 1.25 bits per heavy atom. The van der Waals surface area contributed by atoms with Gasteiger partial charge in [-0.3, -0.25) is 4.79 Å². The van der Waals surface area contributed by atoms with Crippen LogP contribution in [0.15, 0.2) is 56.5 Å². The van der Waals surface area contributed by atoms with Crippen LogP contribution in [0, 0.1) is 0 Å². The number of nitrogens with zero attached hydrogens (tertiary/aromatic N) is 1. The maximum absolute atomic E-state index is 11.8. The lowest BCUT2D eigenvalue weighted by Gasteiger charge is -2.05. The van der Waals surface area contributed by atoms with Gasteiger partial charge in [0.25, 0.3) is 0 Å². The maximum Gasteiger partial charge on any atom is 0.250 e. The van der Waals surface area contributed by atoms with E-state index < -0.39 is 0 Å². The molecule has 1 amide bonds. The van der Waals surface area contributed by atoms with Crippen molar-refractivity contribution >= 4 is 55.7 Å². The van der Waals surface area contributed by atoms with Gasteiger partial charge >= 0.3 is 0 Å². The van der Waals surface area contributed by atoms with E-state index in [1.54, 1.807) is 25.1 Å². The third-order valence-corrected chi connectivity index (χ3v) is 4.97. The number of hydrazone groups is 1. The van der Waals surface area contributed by atoms with Gasteiger partial charge in [-0.2, -0.15) is 5.10 Å². The standard InChI is InChI=1S/C17H16Br2N2O2S/c1-23-16-6-5-15(19)8-13(16)9-20-21-17(22)11-24-10-12-3-2-4-14(18)7-12/h2-9H,10-11H2,1H3,(H,21,22)/b20-9-. The van der Waals surface area contributed by atoms with Crippen molar-refractivity contribution < 1.29 is 9.53 Å². The number of carbonyl (C=O) groups excluding carboxylic acids is 1. The topological polar surface area (TPSA) is 50.7 Å². The second kappa shape index (κ2) is 9.86. The van der Waals surface area contributed by atoms with Crippen LogP contribution in [-0.2, 0) is 10.5 Å². The zero-order valence-electron chi connectivity index (χ0n) is 13.0. The van der Waals surface area contributed by atoms with Crippen LogP contribution >= 0.6 is 43.6 Å². The molecule has 0 aliphatic rings. The molecule has 0 bridgehead atoms. The summed E-state index contributed by atoms with van der Waals surface area (Å²) in [5.41, 5.74) is 4.49. The van der Waals surface area contributed by atoms with Gasteiger partial charge in [0.05, 0.1) is 19.1 Å². The molecule has 0 aliphatic heterocycles. The van der Waals surface area contributed by atoms with Crippen LogP contribution in [0.3, 0.4) is 0 Å². The molecule has 126 valence electrons. The highest BCUT2D eigenvalue weighted by Gasteiger charge is 2.03. The molecule has 2 rings (SSSR count). The van der Waals surface area contributed by atoms with E-state index in [0.717, 1.165) is 20.3 Å². The van der Waals surface area contributed by atoms with Crippen molar-refractivity contribution in [2.75, 3.05) is 12.9 Å². The third kappa shape index (κ3) is 6.30. The van der Waals surface area contributed by atoms with Crippen molar-refractivity contribution in [3.63, 3.8) is 0 Å². The first-order chi connectivity index (χ1) is 11.6. The smallest absolute Gasteiger partial charge is 0.250 e. The summed E-state index contributed by atoms with van der Waals surface area (Å²) in [6.07, 6.45) is 1.57. The van der Waals surface area contributed by atoms with E-state index in [9.17, 15) is 4.79 Å². The first-order valence-electron chi connectivity index (χ1n) is 7.06. The number of hydrogen-bond acceptors (Lipinski definition) is 4. The zero-order valence-corrected chi connectivity index (χ0v) is 16.9. The number of rotatable bonds is 7. The van der Waals surface area contributed by atoms with Crippen molar-refractivity contribution in [2.24, 2.45) is 5.10 Å². The van der Waals surface area contributed by atoms with Crippen molar-refractivity contribution in [3.05, 3.63) is 62.5 Å². The van der Waals surface area contributed by atoms with Gasteiger partial charge in [-0.25, -0.2) is 5.43 Å². The van der Waals surface area contributed by atoms with Crippen LogP contribution in [0.25, 0.3) is 0 Å². The van der Waals surface area contributed by atoms with E-state index >= 15 is 0 Å². The minimum absolute atomic E-state index is 0.139. The molecule has 0 saturated carbocycles. The molecule has 24 heavy (non-hydrogen) atoms. The summed E-state index contributed by atoms with van der Waals surface area (Å²) in [6.45, 7) is 0. The summed E-state index contributed by atoms with van der Waals surface area (Å²) in [5, 5.41) is 3.98. The van der Waals surface area contributed by atoms with E-state index in [-0.39, 0.29) is 5.91 Å². The first kappa shape index (κ1) is 19.0. The maximum atomic E-state index is 11.8. The number of hydrogen-bond donors (Lipinski definition) is 1. The second-order valence-electron chi connectivity index (χ2n) is 4.80. The first-order valence-corrected chi connectivity index (χ1v) is 9.80. The lowest BCUT2D eigenvalue weighted by molar-refractivity contribution is -0.118. The third-order valence-electron chi connectivity index (χ3n) is 2.98. The Labute approximate surface area is 162 Å². The summed E-state index contributed by atoms with van der Waals surface area (Å²) in [4.78, 5) is 11.8. The number of thioether (sulfide) groups is 1. The van der Waals surface area contributed by atoms with Crippen LogP contribution in [0.4, 0.5) is 0 Å². The van der Waals surface area contributed by atoms with Crippen molar-refractivity contribution in [1.29, 1.82) is 0 Å². The van der Waals surface area contributed by atoms with Crippen LogP contribution < -0.4 is 10.2 Å². The van der Waals surface area contributed by atoms with E-state index in [2.05, 4.69) is 42.4 Å². The second-order valence-corrected chi connectivity index (χ2v) is 7.62. The van der Waals surface area contributed by atoms with Crippen LogP contribution in [0.5, 0.6) is 5.75 Å². The van der Waals surface area contributed by atoms with Gasteiger partial charge in [-0.1, -0.05) is 44.0 Å². The van der Waals surface area contributed by atoms with Crippen molar-refractivity contribution in [2.45, 2.75) is 5.75 Å². The van der Waals surface area contributed by atoms with Crippen molar-refractivity contribution in [3.8, 4) is 5.75 Å². The monoisotopic (exact) mass is 470 g/mol. The van der Waals surface area contributed by atoms with E-state index in [1.807, 2.05) is 42.5 Å². The predicted molar refractivity (Wildman–Crippen MR) is 107 cm³/mol. The quantitative estimate of drug-likeness (QED) is 0.474. The predicted octanol–water partition coefficient (Wildman–Crippen LogP) is 4.60. The van der Waals surface area contributed by atoms with Gasteiger partial charge in [-0.05, 0) is 35.9 Å². The molecule has 0 radical (unpaired) electrons. The lowest BCUT2D eigenvalue weighted by Crippen LogP contribution is -2.19. The average Bonchev–Trinajstić information content (AvgIpc) is 2.55. The van der Waals surface area contributed by atoms with E-state index in [0.29, 0.717) is 11.5 Å². The largest absolute Gasteiger partial charge is 0.496 e. The molecule has 0 spiro atoms. The molecule has 7 heteroatoms. The Hall–Kier alpha value is -1.31. The highest BCUT2D eigenvalue weighted by Crippen LogP contribution is 2.21. The molecular weight excluding hydrogens is 456 g/mol. The average molecular weight is 472 g/mol. The normalized spacial score (nSPS) is 10.8. The molecule has 2 aromatic rings. The van der Waals surface area contributed by atoms with Gasteiger partial charge in [0.15, 0.2) is 0 Å². The molecule has 0 fully saturated rings. The Balaban J connectivity index is 1.80. The summed E-state index contributed by atoms with van der Waals surface area (Å²) < 4.78 is 7.21. The van der Waals surface area contributed by atoms with Gasteiger partial charge < -0.3 is 4.74 Å². The number of benzene rings is 2. The van der Waals surface area contributed by atoms with Gasteiger partial charge in [0, 0.05) is 20.3 Å². The fourth-order valence-corrected chi connectivity index (χ4v) is 3.49. The minimum atomic E-state index is -0.139. The molecular formula is C17H16Br2N2O2S. The number of amides is 1. The number of carbonyl (C=O) groups is 1. The van der Waals surface area contributed by atoms with Crippen molar-refractivity contribution in [1.82, 2.24) is 5.43 Å². The van der Waals surface area contributed by atoms with Gasteiger partial charge in [0.1, 0.15) is 5.75 Å². The molecule has 0 aromatic heterocycles. The summed E-state index contributed by atoms with van der Waals surface area (Å²) in [5.74, 6) is 1.68. The highest BCUT2D eigenvalue weighted by atomic mass is 79.9. The Morgan fingerprint density at radius 3 is 2.79 bits per heavy atom. The molecule has 0 atom stereocenters. The summed E-state index contributed by atoms with van der Waals surface area (Å²) >= 11 is 8.37. The molecule has 0 heterocycles. The Kier molecular flexibility index (Phi) is 7.81. The zero-order chi connectivity index (χ0) is 17.4. The summed E-state index contributed by atoms with van der Waals surface area (Å²) in [6, 6.07) is 13.6. The lowest BCUT2D eigenvalue weighted by atomic mass is 10.2. The number of methoxy groups -OCH3 is 1. The van der Waals surface area contributed by atoms with Gasteiger partial charge in [0.2, 0.25) is 5.91 Å². The fraction of sp³-hybridized carbons (Fsp3) is 0.176. The summed E-state index contributed by atoms with van der Waals surface area (Å²) in [7, 11) is 1.59. The van der Waals surface area contributed by atoms with Crippen LogP contribution in [0.2, 0.25) is 0 Å². The van der Waals surface area contributed by atoms with Gasteiger partial charge in [-0.15, -0.1) is 11.8 Å². The minimum Gasteiger partial charge on any atom is -0.496 e. The van der Waals surface area contributed by atoms with Crippen LogP contribution in [0.1, 0.15) is 11.1 Å². The Morgan fingerprint density at radius 2 is 2.04 bits per heavy atom. The number of nitrogens with one attached hydrogen (secondary N) is 1. The molecule has 0 unspecified atom stereocenters. The highest BCUT2D eigenvalue weighted by molar-refractivity contribution is 9.10. The van der Waals surface area contributed by atoms with Crippen LogP contribution in [-0.4, -0.2) is 25.0 Å². The number of ether oxygens (including phenoxy) is 1. The molecule has 4 nitrogen and oxygen atoms in total. The number of halogens is 2. The SMILES string of the molecule is COc1ccc(Br)cc1/C=N\NC(=O)CSCc1cccc(Br)c1. The Bertz CT molecular complexity index is 738. The van der Waals surface area contributed by atoms with E-state index in [4.69, 9.17) is 4.74 Å². The molecule has 1 N–H and O–H groups in total. The molecule has 0 aliphatic carbocycles. The molecule has 0 saturated heterocycles. The fourth-order valence-electron chi connectivity index (χ4n) is 1.90. The molecule has 2 aromatic carbocycles.